The molecule has 2 unspecified atom stereocenters. The van der Waals surface area contributed by atoms with Crippen LogP contribution in [0.5, 0.6) is 0 Å². The monoisotopic (exact) mass is 191 g/mol. The maximum absolute atomic E-state index is 12.2. The van der Waals surface area contributed by atoms with Gasteiger partial charge in [-0.1, -0.05) is 12.2 Å². The van der Waals surface area contributed by atoms with E-state index in [0.717, 1.165) is 12.8 Å². The maximum atomic E-state index is 12.2. The Hall–Kier alpha value is -0.510. The Morgan fingerprint density at radius 2 is 2.23 bits per heavy atom. The summed E-state index contributed by atoms with van der Waals surface area (Å²) in [5.41, 5.74) is -0.777. The van der Waals surface area contributed by atoms with E-state index < -0.39 is 18.1 Å². The molecule has 0 aromatic rings. The lowest BCUT2D eigenvalue weighted by Crippen LogP contribution is -2.46. The van der Waals surface area contributed by atoms with Gasteiger partial charge in [-0.3, -0.25) is 0 Å². The van der Waals surface area contributed by atoms with E-state index in [2.05, 4.69) is 5.32 Å². The molecule has 2 bridgehead atoms. The fourth-order valence-electron chi connectivity index (χ4n) is 2.30. The van der Waals surface area contributed by atoms with Crippen molar-refractivity contribution in [3.63, 3.8) is 0 Å². The molecule has 0 saturated carbocycles. The van der Waals surface area contributed by atoms with Crippen LogP contribution in [0, 0.1) is 0 Å². The summed E-state index contributed by atoms with van der Waals surface area (Å²) in [4.78, 5) is 0. The zero-order valence-electron chi connectivity index (χ0n) is 7.19. The van der Waals surface area contributed by atoms with Crippen LogP contribution in [0.3, 0.4) is 0 Å². The van der Waals surface area contributed by atoms with Crippen molar-refractivity contribution in [1.29, 1.82) is 0 Å². The first-order valence-corrected chi connectivity index (χ1v) is 4.51. The van der Waals surface area contributed by atoms with Crippen LogP contribution < -0.4 is 5.32 Å². The van der Waals surface area contributed by atoms with Crippen molar-refractivity contribution < 1.29 is 13.2 Å². The van der Waals surface area contributed by atoms with E-state index in [9.17, 15) is 13.2 Å². The lowest BCUT2D eigenvalue weighted by atomic mass is 9.92. The Labute approximate surface area is 75.0 Å². The summed E-state index contributed by atoms with van der Waals surface area (Å²) >= 11 is 0. The van der Waals surface area contributed by atoms with E-state index in [4.69, 9.17) is 0 Å². The van der Waals surface area contributed by atoms with Crippen LogP contribution in [-0.2, 0) is 0 Å². The molecule has 0 spiro atoms. The molecule has 0 amide bonds. The van der Waals surface area contributed by atoms with Gasteiger partial charge in [0.1, 0.15) is 0 Å². The lowest BCUT2D eigenvalue weighted by Gasteiger charge is -2.30. The Morgan fingerprint density at radius 1 is 1.46 bits per heavy atom. The molecule has 1 N–H and O–H groups in total. The van der Waals surface area contributed by atoms with Crippen LogP contribution in [0.1, 0.15) is 25.7 Å². The number of fused-ring (bicyclic) bond motifs is 2. The van der Waals surface area contributed by atoms with Gasteiger partial charge >= 0.3 is 6.18 Å². The van der Waals surface area contributed by atoms with Crippen LogP contribution in [0.25, 0.3) is 0 Å². The number of hydrogen-bond donors (Lipinski definition) is 1. The van der Waals surface area contributed by atoms with Crippen molar-refractivity contribution in [3.8, 4) is 0 Å². The first-order valence-electron chi connectivity index (χ1n) is 4.51. The predicted octanol–water partition coefficient (Wildman–Crippen LogP) is 2.39. The van der Waals surface area contributed by atoms with Crippen molar-refractivity contribution >= 4 is 0 Å². The molecule has 2 aliphatic heterocycles. The van der Waals surface area contributed by atoms with Gasteiger partial charge in [0.05, 0.1) is 6.42 Å². The van der Waals surface area contributed by atoms with Crippen molar-refractivity contribution in [2.45, 2.75) is 43.4 Å². The summed E-state index contributed by atoms with van der Waals surface area (Å²) in [6.07, 6.45) is 1.14. The van der Waals surface area contributed by atoms with Crippen LogP contribution in [-0.4, -0.2) is 17.8 Å². The first kappa shape index (κ1) is 9.06. The molecule has 2 atom stereocenters. The second-order valence-electron chi connectivity index (χ2n) is 3.97. The van der Waals surface area contributed by atoms with Gasteiger partial charge in [0.25, 0.3) is 0 Å². The fraction of sp³-hybridized carbons (Fsp3) is 0.778. The summed E-state index contributed by atoms with van der Waals surface area (Å²) in [6.45, 7) is 0. The van der Waals surface area contributed by atoms with Gasteiger partial charge in [0.15, 0.2) is 0 Å². The summed E-state index contributed by atoms with van der Waals surface area (Å²) < 4.78 is 36.6. The molecule has 4 heteroatoms. The third kappa shape index (κ3) is 1.88. The van der Waals surface area contributed by atoms with Crippen LogP contribution in [0.2, 0.25) is 0 Å². The van der Waals surface area contributed by atoms with Gasteiger partial charge < -0.3 is 5.32 Å². The summed E-state index contributed by atoms with van der Waals surface area (Å²) in [6, 6.07) is 0.271. The van der Waals surface area contributed by atoms with E-state index in [1.165, 1.54) is 0 Å². The largest absolute Gasteiger partial charge is 0.391 e. The van der Waals surface area contributed by atoms with Crippen LogP contribution in [0.4, 0.5) is 13.2 Å². The van der Waals surface area contributed by atoms with E-state index in [-0.39, 0.29) is 6.04 Å². The molecule has 0 aromatic carbocycles. The average molecular weight is 191 g/mol. The smallest absolute Gasteiger partial charge is 0.304 e. The maximum Gasteiger partial charge on any atom is 0.391 e. The molecular weight excluding hydrogens is 179 g/mol. The van der Waals surface area contributed by atoms with Gasteiger partial charge in [0.2, 0.25) is 0 Å². The number of halogens is 3. The molecule has 2 rings (SSSR count). The SMILES string of the molecule is FC(F)(F)CC12C=CCC(CC1)N2. The number of nitrogens with one attached hydrogen (secondary N) is 1. The molecule has 74 valence electrons. The molecule has 0 aliphatic carbocycles. The Bertz CT molecular complexity index is 234. The van der Waals surface area contributed by atoms with Crippen molar-refractivity contribution in [1.82, 2.24) is 5.32 Å². The van der Waals surface area contributed by atoms with Crippen molar-refractivity contribution in [2.24, 2.45) is 0 Å². The molecule has 2 heterocycles. The van der Waals surface area contributed by atoms with Gasteiger partial charge in [-0.05, 0) is 19.3 Å². The summed E-state index contributed by atoms with van der Waals surface area (Å²) in [7, 11) is 0. The van der Waals surface area contributed by atoms with E-state index >= 15 is 0 Å². The number of rotatable bonds is 1. The highest BCUT2D eigenvalue weighted by Gasteiger charge is 2.46. The molecule has 1 nitrogen and oxygen atoms in total. The highest BCUT2D eigenvalue weighted by molar-refractivity contribution is 5.17. The minimum Gasteiger partial charge on any atom is -0.304 e. The zero-order chi connectivity index (χ0) is 9.53. The Kier molecular flexibility index (Phi) is 1.91. The third-order valence-corrected chi connectivity index (χ3v) is 2.80. The Balaban J connectivity index is 2.12. The first-order chi connectivity index (χ1) is 5.99. The standard InChI is InChI=1S/C9H12F3N/c10-9(11,12)6-8-4-1-2-7(13-8)3-5-8/h1,4,7,13H,2-3,5-6H2. The van der Waals surface area contributed by atoms with Gasteiger partial charge in [-0.25, -0.2) is 0 Å². The molecule has 0 radical (unpaired) electrons. The highest BCUT2D eigenvalue weighted by atomic mass is 19.4. The van der Waals surface area contributed by atoms with Crippen molar-refractivity contribution in [2.75, 3.05) is 0 Å². The zero-order valence-corrected chi connectivity index (χ0v) is 7.19. The third-order valence-electron chi connectivity index (χ3n) is 2.80. The van der Waals surface area contributed by atoms with Gasteiger partial charge in [-0.2, -0.15) is 13.2 Å². The van der Waals surface area contributed by atoms with Crippen LogP contribution >= 0.6 is 0 Å². The second-order valence-corrected chi connectivity index (χ2v) is 3.97. The van der Waals surface area contributed by atoms with E-state index in [1.54, 1.807) is 6.08 Å². The molecule has 0 aromatic heterocycles. The summed E-state index contributed by atoms with van der Waals surface area (Å²) in [5.74, 6) is 0. The topological polar surface area (TPSA) is 12.0 Å². The molecule has 1 fully saturated rings. The molecule has 1 saturated heterocycles. The van der Waals surface area contributed by atoms with E-state index in [1.807, 2.05) is 6.08 Å². The fourth-order valence-corrected chi connectivity index (χ4v) is 2.30. The molecular formula is C9H12F3N. The number of alkyl halides is 3. The van der Waals surface area contributed by atoms with Crippen LogP contribution in [0.15, 0.2) is 12.2 Å². The van der Waals surface area contributed by atoms with E-state index in [0.29, 0.717) is 6.42 Å². The molecule has 2 aliphatic rings. The van der Waals surface area contributed by atoms with Gasteiger partial charge in [-0.15, -0.1) is 0 Å². The minimum atomic E-state index is -4.07. The average Bonchev–Trinajstić information content (AvgIpc) is 2.23. The predicted molar refractivity (Wildman–Crippen MR) is 43.3 cm³/mol. The molecule has 13 heavy (non-hydrogen) atoms. The Morgan fingerprint density at radius 3 is 2.92 bits per heavy atom. The highest BCUT2D eigenvalue weighted by Crippen LogP contribution is 2.38. The normalized spacial score (nSPS) is 38.2. The summed E-state index contributed by atoms with van der Waals surface area (Å²) in [5, 5.41) is 3.05. The second kappa shape index (κ2) is 2.74. The van der Waals surface area contributed by atoms with Crippen molar-refractivity contribution in [3.05, 3.63) is 12.2 Å². The van der Waals surface area contributed by atoms with Gasteiger partial charge in [0, 0.05) is 11.6 Å². The minimum absolute atomic E-state index is 0.271. The lowest BCUT2D eigenvalue weighted by molar-refractivity contribution is -0.145. The number of hydrogen-bond acceptors (Lipinski definition) is 1. The quantitative estimate of drug-likeness (QED) is 0.627.